The molecule has 1 N–H and O–H groups in total. The molecule has 0 aromatic rings. The lowest BCUT2D eigenvalue weighted by Gasteiger charge is -2.20. The van der Waals surface area contributed by atoms with Gasteiger partial charge in [-0.1, -0.05) is 0 Å². The van der Waals surface area contributed by atoms with E-state index in [4.69, 9.17) is 19.3 Å². The summed E-state index contributed by atoms with van der Waals surface area (Å²) < 4.78 is 15.6. The molecule has 5 heteroatoms. The second-order valence-corrected chi connectivity index (χ2v) is 3.68. The van der Waals surface area contributed by atoms with E-state index in [-0.39, 0.29) is 6.61 Å². The Kier molecular flexibility index (Phi) is 1.83. The number of aliphatic hydroxyl groups excluding tert-OH is 1. The predicted octanol–water partition coefficient (Wildman–Crippen LogP) is -0.576. The number of hydrogen-bond donors (Lipinski definition) is 1. The molecule has 74 valence electrons. The molecule has 13 heavy (non-hydrogen) atoms. The van der Waals surface area contributed by atoms with Crippen LogP contribution in [-0.2, 0) is 19.0 Å². The van der Waals surface area contributed by atoms with Gasteiger partial charge >= 0.3 is 5.97 Å². The van der Waals surface area contributed by atoms with Crippen LogP contribution in [0.2, 0.25) is 0 Å². The van der Waals surface area contributed by atoms with Gasteiger partial charge in [-0.05, 0) is 13.8 Å². The van der Waals surface area contributed by atoms with Crippen LogP contribution in [0.3, 0.4) is 0 Å². The van der Waals surface area contributed by atoms with Crippen molar-refractivity contribution in [1.29, 1.82) is 0 Å². The molecule has 0 aromatic carbocycles. The molecule has 2 saturated heterocycles. The number of carbonyl (C=O) groups excluding carboxylic acids is 1. The first-order chi connectivity index (χ1) is 6.03. The van der Waals surface area contributed by atoms with Crippen LogP contribution in [0.15, 0.2) is 0 Å². The lowest BCUT2D eigenvalue weighted by atomic mass is 10.1. The van der Waals surface area contributed by atoms with Crippen LogP contribution in [0.4, 0.5) is 0 Å². The van der Waals surface area contributed by atoms with Crippen LogP contribution in [0, 0.1) is 0 Å². The highest BCUT2D eigenvalue weighted by Crippen LogP contribution is 2.35. The Balaban J connectivity index is 2.17. The van der Waals surface area contributed by atoms with E-state index in [0.717, 1.165) is 0 Å². The molecule has 0 saturated carbocycles. The van der Waals surface area contributed by atoms with Crippen molar-refractivity contribution >= 4 is 5.97 Å². The molecule has 2 heterocycles. The van der Waals surface area contributed by atoms with E-state index in [1.165, 1.54) is 0 Å². The van der Waals surface area contributed by atoms with Crippen molar-refractivity contribution in [2.45, 2.75) is 37.9 Å². The zero-order valence-corrected chi connectivity index (χ0v) is 7.52. The van der Waals surface area contributed by atoms with Gasteiger partial charge in [-0.2, -0.15) is 0 Å². The van der Waals surface area contributed by atoms with Gasteiger partial charge in [0.05, 0.1) is 6.61 Å². The van der Waals surface area contributed by atoms with Crippen LogP contribution < -0.4 is 0 Å². The molecule has 2 fully saturated rings. The van der Waals surface area contributed by atoms with E-state index in [2.05, 4.69) is 0 Å². The van der Waals surface area contributed by atoms with Crippen molar-refractivity contribution in [2.75, 3.05) is 6.61 Å². The molecule has 0 radical (unpaired) electrons. The number of rotatable bonds is 1. The fourth-order valence-electron chi connectivity index (χ4n) is 1.67. The van der Waals surface area contributed by atoms with Crippen LogP contribution >= 0.6 is 0 Å². The Bertz CT molecular complexity index is 237. The van der Waals surface area contributed by atoms with Gasteiger partial charge < -0.3 is 19.3 Å². The van der Waals surface area contributed by atoms with Crippen LogP contribution in [0.25, 0.3) is 0 Å². The number of hydrogen-bond acceptors (Lipinski definition) is 5. The van der Waals surface area contributed by atoms with Gasteiger partial charge in [0.1, 0.15) is 6.10 Å². The van der Waals surface area contributed by atoms with Crippen molar-refractivity contribution in [3.05, 3.63) is 0 Å². The summed E-state index contributed by atoms with van der Waals surface area (Å²) in [6.07, 6.45) is -1.72. The summed E-state index contributed by atoms with van der Waals surface area (Å²) in [7, 11) is 0. The summed E-state index contributed by atoms with van der Waals surface area (Å²) in [5.74, 6) is -1.21. The highest BCUT2D eigenvalue weighted by atomic mass is 16.8. The normalized spacial score (nSPS) is 41.8. The fourth-order valence-corrected chi connectivity index (χ4v) is 1.67. The zero-order chi connectivity index (χ0) is 9.64. The third-order valence-corrected chi connectivity index (χ3v) is 2.18. The standard InChI is InChI=1S/C8H12O5/c1-8(2)12-5-4(3-9)11-7(10)6(5)13-8/h4-6,9H,3H2,1-2H3/t4-,5?,6+/m1/s1. The SMILES string of the molecule is CC1(C)OC2[C@H](O1)C(=O)O[C@@H]2CO. The van der Waals surface area contributed by atoms with Gasteiger partial charge in [0, 0.05) is 0 Å². The van der Waals surface area contributed by atoms with Crippen molar-refractivity contribution in [2.24, 2.45) is 0 Å². The molecular formula is C8H12O5. The molecule has 2 rings (SSSR count). The second-order valence-electron chi connectivity index (χ2n) is 3.68. The minimum absolute atomic E-state index is 0.230. The van der Waals surface area contributed by atoms with Gasteiger partial charge in [0.15, 0.2) is 18.0 Å². The first-order valence-electron chi connectivity index (χ1n) is 4.20. The maximum atomic E-state index is 11.2. The number of fused-ring (bicyclic) bond motifs is 1. The summed E-state index contributed by atoms with van der Waals surface area (Å²) in [6.45, 7) is 3.23. The van der Waals surface area contributed by atoms with Crippen molar-refractivity contribution in [3.8, 4) is 0 Å². The van der Waals surface area contributed by atoms with E-state index in [9.17, 15) is 4.79 Å². The summed E-state index contributed by atoms with van der Waals surface area (Å²) >= 11 is 0. The van der Waals surface area contributed by atoms with Gasteiger partial charge in [-0.25, -0.2) is 4.79 Å². The molecule has 0 spiro atoms. The minimum atomic E-state index is -0.762. The highest BCUT2D eigenvalue weighted by molar-refractivity contribution is 5.78. The first-order valence-corrected chi connectivity index (χ1v) is 4.20. The third kappa shape index (κ3) is 1.33. The van der Waals surface area contributed by atoms with E-state index < -0.39 is 30.1 Å². The van der Waals surface area contributed by atoms with Gasteiger partial charge in [-0.15, -0.1) is 0 Å². The quantitative estimate of drug-likeness (QED) is 0.558. The first kappa shape index (κ1) is 8.93. The molecule has 3 atom stereocenters. The number of ether oxygens (including phenoxy) is 3. The number of esters is 1. The predicted molar refractivity (Wildman–Crippen MR) is 40.8 cm³/mol. The van der Waals surface area contributed by atoms with E-state index in [0.29, 0.717) is 0 Å². The average Bonchev–Trinajstić information content (AvgIpc) is 2.47. The molecular weight excluding hydrogens is 176 g/mol. The molecule has 2 aliphatic heterocycles. The summed E-state index contributed by atoms with van der Waals surface area (Å²) in [6, 6.07) is 0. The third-order valence-electron chi connectivity index (χ3n) is 2.18. The summed E-state index contributed by atoms with van der Waals surface area (Å²) in [5, 5.41) is 8.89. The largest absolute Gasteiger partial charge is 0.455 e. The van der Waals surface area contributed by atoms with Crippen LogP contribution in [0.1, 0.15) is 13.8 Å². The maximum Gasteiger partial charge on any atom is 0.338 e. The lowest BCUT2D eigenvalue weighted by molar-refractivity contribution is -0.188. The van der Waals surface area contributed by atoms with E-state index in [1.54, 1.807) is 13.8 Å². The van der Waals surface area contributed by atoms with E-state index >= 15 is 0 Å². The Morgan fingerprint density at radius 3 is 2.77 bits per heavy atom. The molecule has 0 aromatic heterocycles. The number of carbonyl (C=O) groups is 1. The molecule has 2 aliphatic rings. The van der Waals surface area contributed by atoms with Crippen LogP contribution in [0.5, 0.6) is 0 Å². The molecule has 5 nitrogen and oxygen atoms in total. The minimum Gasteiger partial charge on any atom is -0.455 e. The smallest absolute Gasteiger partial charge is 0.338 e. The maximum absolute atomic E-state index is 11.2. The van der Waals surface area contributed by atoms with E-state index in [1.807, 2.05) is 0 Å². The van der Waals surface area contributed by atoms with Crippen LogP contribution in [-0.4, -0.2) is 41.8 Å². The monoisotopic (exact) mass is 188 g/mol. The van der Waals surface area contributed by atoms with Crippen molar-refractivity contribution in [3.63, 3.8) is 0 Å². The molecule has 0 bridgehead atoms. The van der Waals surface area contributed by atoms with Gasteiger partial charge in [0.2, 0.25) is 0 Å². The van der Waals surface area contributed by atoms with Gasteiger partial charge in [-0.3, -0.25) is 0 Å². The van der Waals surface area contributed by atoms with Crippen molar-refractivity contribution in [1.82, 2.24) is 0 Å². The summed E-state index contributed by atoms with van der Waals surface area (Å²) in [5.41, 5.74) is 0. The number of cyclic esters (lactones) is 1. The Labute approximate surface area is 75.6 Å². The highest BCUT2D eigenvalue weighted by Gasteiger charge is 2.55. The molecule has 1 unspecified atom stereocenters. The van der Waals surface area contributed by atoms with Gasteiger partial charge in [0.25, 0.3) is 0 Å². The Morgan fingerprint density at radius 1 is 1.46 bits per heavy atom. The molecule has 0 amide bonds. The number of aliphatic hydroxyl groups is 1. The molecule has 0 aliphatic carbocycles. The fraction of sp³-hybridized carbons (Fsp3) is 0.875. The average molecular weight is 188 g/mol. The zero-order valence-electron chi connectivity index (χ0n) is 7.52. The summed E-state index contributed by atoms with van der Waals surface area (Å²) in [4.78, 5) is 11.2. The Hall–Kier alpha value is -0.650. The second kappa shape index (κ2) is 2.67. The lowest BCUT2D eigenvalue weighted by Crippen LogP contribution is -2.31. The Morgan fingerprint density at radius 2 is 2.15 bits per heavy atom. The topological polar surface area (TPSA) is 65.0 Å². The van der Waals surface area contributed by atoms with Crippen molar-refractivity contribution < 1.29 is 24.1 Å².